The van der Waals surface area contributed by atoms with Crippen molar-refractivity contribution in [1.29, 1.82) is 0 Å². The van der Waals surface area contributed by atoms with Crippen molar-refractivity contribution in [2.45, 2.75) is 13.0 Å². The Morgan fingerprint density at radius 1 is 1.19 bits per heavy atom. The number of benzene rings is 2. The van der Waals surface area contributed by atoms with Gasteiger partial charge in [-0.05, 0) is 30.3 Å². The summed E-state index contributed by atoms with van der Waals surface area (Å²) in [5, 5.41) is 12.2. The minimum atomic E-state index is -0.266. The van der Waals surface area contributed by atoms with Crippen molar-refractivity contribution in [2.24, 2.45) is 0 Å². The van der Waals surface area contributed by atoms with Crippen molar-refractivity contribution in [3.63, 3.8) is 0 Å². The van der Waals surface area contributed by atoms with Gasteiger partial charge in [0.15, 0.2) is 5.13 Å². The molecule has 0 aliphatic rings. The summed E-state index contributed by atoms with van der Waals surface area (Å²) < 4.78 is 2.09. The van der Waals surface area contributed by atoms with E-state index in [1.54, 1.807) is 42.5 Å². The first-order valence-electron chi connectivity index (χ1n) is 7.79. The molecule has 2 aromatic carbocycles. The number of nitrogens with one attached hydrogen (secondary N) is 1. The Labute approximate surface area is 156 Å². The van der Waals surface area contributed by atoms with E-state index in [1.165, 1.54) is 16.0 Å². The number of carbonyl (C=O) groups is 1. The molecule has 0 unspecified atom stereocenters. The van der Waals surface area contributed by atoms with Crippen LogP contribution in [0.2, 0.25) is 5.02 Å². The van der Waals surface area contributed by atoms with E-state index in [0.717, 1.165) is 10.2 Å². The Bertz CT molecular complexity index is 1190. The van der Waals surface area contributed by atoms with Crippen molar-refractivity contribution in [2.75, 3.05) is 5.32 Å². The molecule has 4 aromatic rings. The van der Waals surface area contributed by atoms with E-state index in [4.69, 9.17) is 11.6 Å². The molecule has 26 heavy (non-hydrogen) atoms. The monoisotopic (exact) mass is 385 g/mol. The zero-order valence-electron chi connectivity index (χ0n) is 13.3. The Balaban J connectivity index is 1.46. The summed E-state index contributed by atoms with van der Waals surface area (Å²) in [6.07, 6.45) is 0.0869. The Kier molecular flexibility index (Phi) is 4.36. The molecule has 1 N–H and O–H groups in total. The first-order chi connectivity index (χ1) is 12.6. The van der Waals surface area contributed by atoms with Crippen molar-refractivity contribution in [3.05, 3.63) is 57.8 Å². The highest BCUT2D eigenvalue weighted by molar-refractivity contribution is 7.22. The molecule has 0 atom stereocenters. The minimum absolute atomic E-state index is 0.0869. The van der Waals surface area contributed by atoms with E-state index in [2.05, 4.69) is 20.6 Å². The lowest BCUT2D eigenvalue weighted by Crippen LogP contribution is -2.26. The molecule has 0 aliphatic heterocycles. The predicted molar refractivity (Wildman–Crippen MR) is 102 cm³/mol. The van der Waals surface area contributed by atoms with Gasteiger partial charge in [0.1, 0.15) is 5.52 Å². The van der Waals surface area contributed by atoms with Crippen molar-refractivity contribution in [1.82, 2.24) is 20.0 Å². The lowest BCUT2D eigenvalue weighted by Gasteiger charge is -2.04. The van der Waals surface area contributed by atoms with Gasteiger partial charge in [-0.15, -0.1) is 5.10 Å². The van der Waals surface area contributed by atoms with Crippen LogP contribution in [0.4, 0.5) is 5.13 Å². The van der Waals surface area contributed by atoms with Gasteiger partial charge in [-0.2, -0.15) is 0 Å². The second kappa shape index (κ2) is 6.81. The Morgan fingerprint density at radius 3 is 2.92 bits per heavy atom. The number of anilines is 1. The fraction of sp³-hybridized carbons (Fsp3) is 0.118. The number of aromatic nitrogens is 4. The van der Waals surface area contributed by atoms with E-state index in [-0.39, 0.29) is 24.4 Å². The molecule has 0 saturated heterocycles. The number of halogens is 1. The molecule has 0 bridgehead atoms. The number of rotatable bonds is 4. The standard InChI is InChI=1S/C17H12ClN5O2S/c18-10-5-6-13-14(9-10)26-17(19-13)20-15(24)7-8-23-16(25)11-3-1-2-4-12(11)21-22-23/h1-6,9H,7-8H2,(H,19,20,24). The summed E-state index contributed by atoms with van der Waals surface area (Å²) in [4.78, 5) is 28.9. The summed E-state index contributed by atoms with van der Waals surface area (Å²) in [6, 6.07) is 12.3. The molecule has 0 fully saturated rings. The normalized spacial score (nSPS) is 11.1. The lowest BCUT2D eigenvalue weighted by molar-refractivity contribution is -0.116. The highest BCUT2D eigenvalue weighted by atomic mass is 35.5. The third-order valence-electron chi connectivity index (χ3n) is 3.78. The van der Waals surface area contributed by atoms with Crippen LogP contribution in [-0.2, 0) is 11.3 Å². The second-order valence-electron chi connectivity index (χ2n) is 5.56. The summed E-state index contributed by atoms with van der Waals surface area (Å²) in [5.41, 5.74) is 1.04. The molecule has 9 heteroatoms. The third kappa shape index (κ3) is 3.29. The van der Waals surface area contributed by atoms with Gasteiger partial charge in [0, 0.05) is 11.4 Å². The molecule has 2 heterocycles. The number of hydrogen-bond acceptors (Lipinski definition) is 6. The van der Waals surface area contributed by atoms with Gasteiger partial charge in [-0.3, -0.25) is 9.59 Å². The maximum Gasteiger partial charge on any atom is 0.277 e. The maximum absolute atomic E-state index is 12.4. The first kappa shape index (κ1) is 16.6. The van der Waals surface area contributed by atoms with Gasteiger partial charge in [0.25, 0.3) is 5.56 Å². The zero-order valence-corrected chi connectivity index (χ0v) is 14.9. The van der Waals surface area contributed by atoms with E-state index in [1.807, 2.05) is 0 Å². The van der Waals surface area contributed by atoms with Crippen molar-refractivity contribution < 1.29 is 4.79 Å². The quantitative estimate of drug-likeness (QED) is 0.583. The zero-order chi connectivity index (χ0) is 18.1. The van der Waals surface area contributed by atoms with Gasteiger partial charge < -0.3 is 5.32 Å². The van der Waals surface area contributed by atoms with Gasteiger partial charge in [-0.1, -0.05) is 40.3 Å². The molecule has 7 nitrogen and oxygen atoms in total. The molecule has 1 amide bonds. The van der Waals surface area contributed by atoms with Crippen LogP contribution in [0.5, 0.6) is 0 Å². The van der Waals surface area contributed by atoms with Crippen LogP contribution in [0.25, 0.3) is 21.1 Å². The summed E-state index contributed by atoms with van der Waals surface area (Å²) in [6.45, 7) is 0.138. The first-order valence-corrected chi connectivity index (χ1v) is 8.98. The smallest absolute Gasteiger partial charge is 0.277 e. The number of nitrogens with zero attached hydrogens (tertiary/aromatic N) is 4. The van der Waals surface area contributed by atoms with Crippen molar-refractivity contribution >= 4 is 55.1 Å². The predicted octanol–water partition coefficient (Wildman–Crippen LogP) is 3.08. The number of thiazole rings is 1. The second-order valence-corrected chi connectivity index (χ2v) is 7.03. The van der Waals surface area contributed by atoms with Gasteiger partial charge >= 0.3 is 0 Å². The number of hydrogen-bond donors (Lipinski definition) is 1. The van der Waals surface area contributed by atoms with Crippen LogP contribution < -0.4 is 10.9 Å². The molecule has 0 spiro atoms. The third-order valence-corrected chi connectivity index (χ3v) is 4.95. The minimum Gasteiger partial charge on any atom is -0.302 e. The summed E-state index contributed by atoms with van der Waals surface area (Å²) in [5.74, 6) is -0.253. The molecule has 130 valence electrons. The highest BCUT2D eigenvalue weighted by Gasteiger charge is 2.10. The summed E-state index contributed by atoms with van der Waals surface area (Å²) in [7, 11) is 0. The number of carbonyl (C=O) groups excluding carboxylic acids is 1. The number of amides is 1. The lowest BCUT2D eigenvalue weighted by atomic mass is 10.2. The van der Waals surface area contributed by atoms with Crippen molar-refractivity contribution in [3.8, 4) is 0 Å². The van der Waals surface area contributed by atoms with Gasteiger partial charge in [0.05, 0.1) is 22.1 Å². The van der Waals surface area contributed by atoms with E-state index in [0.29, 0.717) is 21.1 Å². The van der Waals surface area contributed by atoms with E-state index >= 15 is 0 Å². The largest absolute Gasteiger partial charge is 0.302 e. The maximum atomic E-state index is 12.4. The molecule has 2 aromatic heterocycles. The molecule has 4 rings (SSSR count). The number of aryl methyl sites for hydroxylation is 1. The average Bonchev–Trinajstić information content (AvgIpc) is 3.02. The van der Waals surface area contributed by atoms with Crippen LogP contribution in [0.1, 0.15) is 6.42 Å². The van der Waals surface area contributed by atoms with Gasteiger partial charge in [-0.25, -0.2) is 9.67 Å². The van der Waals surface area contributed by atoms with Crippen LogP contribution in [0.3, 0.4) is 0 Å². The van der Waals surface area contributed by atoms with Gasteiger partial charge in [0.2, 0.25) is 5.91 Å². The molecule has 0 aliphatic carbocycles. The Hall–Kier alpha value is -2.84. The van der Waals surface area contributed by atoms with E-state index in [9.17, 15) is 9.59 Å². The average molecular weight is 386 g/mol. The molecular weight excluding hydrogens is 374 g/mol. The Morgan fingerprint density at radius 2 is 2.04 bits per heavy atom. The highest BCUT2D eigenvalue weighted by Crippen LogP contribution is 2.28. The molecule has 0 saturated carbocycles. The van der Waals surface area contributed by atoms with Crippen LogP contribution >= 0.6 is 22.9 Å². The molecule has 0 radical (unpaired) electrons. The van der Waals surface area contributed by atoms with E-state index < -0.39 is 0 Å². The van der Waals surface area contributed by atoms with Crippen LogP contribution in [0, 0.1) is 0 Å². The number of fused-ring (bicyclic) bond motifs is 2. The summed E-state index contributed by atoms with van der Waals surface area (Å²) >= 11 is 7.30. The SMILES string of the molecule is O=C(CCn1nnc2ccccc2c1=O)Nc1nc2ccc(Cl)cc2s1. The molecular formula is C17H12ClN5O2S. The fourth-order valence-corrected chi connectivity index (χ4v) is 3.67. The fourth-order valence-electron chi connectivity index (χ4n) is 2.51. The topological polar surface area (TPSA) is 89.8 Å². The van der Waals surface area contributed by atoms with Crippen LogP contribution in [0.15, 0.2) is 47.3 Å². The van der Waals surface area contributed by atoms with Crippen LogP contribution in [-0.4, -0.2) is 25.9 Å².